The fourth-order valence-electron chi connectivity index (χ4n) is 2.42. The minimum atomic E-state index is -3.04. The molecule has 3 rings (SSSR count). The van der Waals surface area contributed by atoms with Gasteiger partial charge in [0.05, 0.1) is 7.11 Å². The van der Waals surface area contributed by atoms with Gasteiger partial charge in [0.15, 0.2) is 0 Å². The second-order valence-corrected chi connectivity index (χ2v) is 5.90. The predicted octanol–water partition coefficient (Wildman–Crippen LogP) is 2.44. The molecule has 2 N–H and O–H groups in total. The highest BCUT2D eigenvalue weighted by Crippen LogP contribution is 2.18. The largest absolute Gasteiger partial charge is 0.497 e. The molecular weight excluding hydrogens is 421 g/mol. The number of benzene rings is 1. The third-order valence-corrected chi connectivity index (χ3v) is 3.88. The number of nitrogens with zero attached hydrogens (tertiary/aromatic N) is 2. The molecule has 1 aromatic carbocycles. The topological polar surface area (TPSA) is 115 Å². The Bertz CT molecular complexity index is 1120. The Morgan fingerprint density at radius 3 is 2.74 bits per heavy atom. The van der Waals surface area contributed by atoms with Crippen molar-refractivity contribution in [1.82, 2.24) is 20.4 Å². The lowest BCUT2D eigenvalue weighted by Crippen LogP contribution is -2.26. The lowest BCUT2D eigenvalue weighted by molar-refractivity contribution is -0.0528. The minimum Gasteiger partial charge on any atom is -0.497 e. The third kappa shape index (κ3) is 5.57. The van der Waals surface area contributed by atoms with E-state index in [4.69, 9.17) is 9.57 Å². The van der Waals surface area contributed by atoms with Gasteiger partial charge in [0.2, 0.25) is 5.88 Å². The molecule has 0 aliphatic heterocycles. The molecule has 1 amide bonds. The van der Waals surface area contributed by atoms with Crippen molar-refractivity contribution in [3.63, 3.8) is 0 Å². The minimum absolute atomic E-state index is 0.145. The fourth-order valence-corrected chi connectivity index (χ4v) is 2.42. The van der Waals surface area contributed by atoms with Crippen LogP contribution in [0, 0.1) is 5.82 Å². The number of hydrogen-bond acceptors (Lipinski definition) is 7. The number of nitrogens with one attached hydrogen (secondary N) is 2. The highest BCUT2D eigenvalue weighted by Gasteiger charge is 2.14. The number of amides is 1. The molecule has 2 heterocycles. The third-order valence-electron chi connectivity index (χ3n) is 3.88. The maximum Gasteiger partial charge on any atom is 0.388 e. The van der Waals surface area contributed by atoms with Crippen LogP contribution in [0.5, 0.6) is 11.6 Å². The van der Waals surface area contributed by atoms with Gasteiger partial charge in [0, 0.05) is 29.6 Å². The van der Waals surface area contributed by atoms with Gasteiger partial charge in [-0.3, -0.25) is 14.4 Å². The fraction of sp³-hybridized carbons (Fsp3) is 0.158. The van der Waals surface area contributed by atoms with Crippen molar-refractivity contribution in [2.75, 3.05) is 7.11 Å². The lowest BCUT2D eigenvalue weighted by Gasteiger charge is -2.09. The molecule has 0 saturated heterocycles. The molecule has 0 radical (unpaired) electrons. The SMILES string of the molecule is COc1ccc(F)c(CONC(=O)c2c[nH]c(=O)c(-c3ccc(OC(F)F)nc3)n2)c1. The zero-order valence-corrected chi connectivity index (χ0v) is 15.9. The van der Waals surface area contributed by atoms with Crippen molar-refractivity contribution < 1.29 is 32.3 Å². The molecule has 0 fully saturated rings. The number of ether oxygens (including phenoxy) is 2. The first-order valence-corrected chi connectivity index (χ1v) is 8.63. The summed E-state index contributed by atoms with van der Waals surface area (Å²) in [5.41, 5.74) is 1.37. The second-order valence-electron chi connectivity index (χ2n) is 5.90. The molecular formula is C19H15F3N4O5. The van der Waals surface area contributed by atoms with Gasteiger partial charge >= 0.3 is 6.61 Å². The number of alkyl halides is 2. The number of carbonyl (C=O) groups excluding carboxylic acids is 1. The molecule has 162 valence electrons. The monoisotopic (exact) mass is 436 g/mol. The van der Waals surface area contributed by atoms with E-state index in [2.05, 4.69) is 25.2 Å². The van der Waals surface area contributed by atoms with Gasteiger partial charge in [0.25, 0.3) is 11.5 Å². The van der Waals surface area contributed by atoms with Crippen molar-refractivity contribution in [2.24, 2.45) is 0 Å². The van der Waals surface area contributed by atoms with Crippen LogP contribution in [-0.2, 0) is 11.4 Å². The Balaban J connectivity index is 1.69. The van der Waals surface area contributed by atoms with E-state index in [9.17, 15) is 22.8 Å². The van der Waals surface area contributed by atoms with Crippen LogP contribution in [0.15, 0.2) is 47.5 Å². The average molecular weight is 436 g/mol. The van der Waals surface area contributed by atoms with Crippen molar-refractivity contribution in [1.29, 1.82) is 0 Å². The quantitative estimate of drug-likeness (QED) is 0.521. The summed E-state index contributed by atoms with van der Waals surface area (Å²) in [7, 11) is 1.42. The van der Waals surface area contributed by atoms with E-state index < -0.39 is 23.9 Å². The Hall–Kier alpha value is -3.93. The van der Waals surface area contributed by atoms with E-state index in [0.717, 1.165) is 18.5 Å². The number of hydrogen-bond donors (Lipinski definition) is 2. The van der Waals surface area contributed by atoms with E-state index in [-0.39, 0.29) is 35.0 Å². The Morgan fingerprint density at radius 2 is 2.06 bits per heavy atom. The number of pyridine rings is 1. The molecule has 0 aliphatic carbocycles. The summed E-state index contributed by atoms with van der Waals surface area (Å²) in [5, 5.41) is 0. The van der Waals surface area contributed by atoms with Crippen LogP contribution in [0.2, 0.25) is 0 Å². The summed E-state index contributed by atoms with van der Waals surface area (Å²) < 4.78 is 47.3. The molecule has 12 heteroatoms. The summed E-state index contributed by atoms with van der Waals surface area (Å²) in [6, 6.07) is 6.45. The van der Waals surface area contributed by atoms with E-state index in [1.54, 1.807) is 0 Å². The van der Waals surface area contributed by atoms with Gasteiger partial charge in [0.1, 0.15) is 29.6 Å². The Morgan fingerprint density at radius 1 is 1.26 bits per heavy atom. The average Bonchev–Trinajstić information content (AvgIpc) is 2.75. The summed E-state index contributed by atoms with van der Waals surface area (Å²) in [5.74, 6) is -1.29. The number of aromatic nitrogens is 3. The van der Waals surface area contributed by atoms with Crippen molar-refractivity contribution in [3.8, 4) is 22.9 Å². The molecule has 0 aliphatic rings. The molecule has 31 heavy (non-hydrogen) atoms. The van der Waals surface area contributed by atoms with Gasteiger partial charge in [-0.05, 0) is 24.3 Å². The number of aromatic amines is 1. The van der Waals surface area contributed by atoms with Gasteiger partial charge in [-0.25, -0.2) is 19.8 Å². The number of methoxy groups -OCH3 is 1. The van der Waals surface area contributed by atoms with Crippen LogP contribution in [0.25, 0.3) is 11.3 Å². The molecule has 0 saturated carbocycles. The standard InChI is InChI=1S/C19H15F3N4O5/c1-29-12-3-4-13(20)11(6-12)9-30-26-17(27)14-8-24-18(28)16(25-14)10-2-5-15(23-7-10)31-19(21)22/h2-8,19H,9H2,1H3,(H,24,28)(H,26,27). The number of hydroxylamine groups is 1. The van der Waals surface area contributed by atoms with Crippen molar-refractivity contribution in [2.45, 2.75) is 13.2 Å². The summed E-state index contributed by atoms with van der Waals surface area (Å²) in [6.07, 6.45) is 2.15. The van der Waals surface area contributed by atoms with Crippen molar-refractivity contribution >= 4 is 5.91 Å². The Labute approximate surface area is 172 Å². The van der Waals surface area contributed by atoms with Crippen LogP contribution < -0.4 is 20.5 Å². The molecule has 0 spiro atoms. The molecule has 2 aromatic heterocycles. The van der Waals surface area contributed by atoms with Crippen LogP contribution in [0.1, 0.15) is 16.1 Å². The summed E-state index contributed by atoms with van der Waals surface area (Å²) in [4.78, 5) is 39.2. The highest BCUT2D eigenvalue weighted by molar-refractivity contribution is 5.91. The van der Waals surface area contributed by atoms with Crippen molar-refractivity contribution in [3.05, 3.63) is 70.2 Å². The second kappa shape index (κ2) is 9.71. The zero-order chi connectivity index (χ0) is 22.4. The molecule has 0 unspecified atom stereocenters. The van der Waals surface area contributed by atoms with Crippen LogP contribution in [0.3, 0.4) is 0 Å². The summed E-state index contributed by atoms with van der Waals surface area (Å²) >= 11 is 0. The molecule has 0 atom stereocenters. The molecule has 0 bridgehead atoms. The molecule has 3 aromatic rings. The number of halogens is 3. The maximum atomic E-state index is 13.8. The first-order valence-electron chi connectivity index (χ1n) is 8.63. The van der Waals surface area contributed by atoms with Crippen LogP contribution >= 0.6 is 0 Å². The number of carbonyl (C=O) groups is 1. The Kier molecular flexibility index (Phi) is 6.82. The van der Waals surface area contributed by atoms with E-state index in [0.29, 0.717) is 5.75 Å². The van der Waals surface area contributed by atoms with E-state index >= 15 is 0 Å². The summed E-state index contributed by atoms with van der Waals surface area (Å²) in [6.45, 7) is -3.34. The molecule has 9 nitrogen and oxygen atoms in total. The normalized spacial score (nSPS) is 10.7. The zero-order valence-electron chi connectivity index (χ0n) is 15.9. The first-order chi connectivity index (χ1) is 14.9. The van der Waals surface area contributed by atoms with Gasteiger partial charge in [-0.2, -0.15) is 8.78 Å². The van der Waals surface area contributed by atoms with Gasteiger partial charge in [-0.1, -0.05) is 0 Å². The van der Waals surface area contributed by atoms with E-state index in [1.165, 1.54) is 31.4 Å². The first kappa shape index (κ1) is 21.8. The highest BCUT2D eigenvalue weighted by atomic mass is 19.3. The number of rotatable bonds is 8. The maximum absolute atomic E-state index is 13.8. The predicted molar refractivity (Wildman–Crippen MR) is 99.9 cm³/mol. The van der Waals surface area contributed by atoms with Gasteiger partial charge < -0.3 is 14.5 Å². The lowest BCUT2D eigenvalue weighted by atomic mass is 10.2. The van der Waals surface area contributed by atoms with Crippen LogP contribution in [0.4, 0.5) is 13.2 Å². The smallest absolute Gasteiger partial charge is 0.388 e. The van der Waals surface area contributed by atoms with Gasteiger partial charge in [-0.15, -0.1) is 0 Å². The number of H-pyrrole nitrogens is 1. The van der Waals surface area contributed by atoms with Crippen LogP contribution in [-0.4, -0.2) is 34.6 Å². The van der Waals surface area contributed by atoms with E-state index in [1.807, 2.05) is 0 Å².